The average Bonchev–Trinajstić information content (AvgIpc) is 2.57. The number of amides is 1. The van der Waals surface area contributed by atoms with Gasteiger partial charge in [-0.2, -0.15) is 0 Å². The van der Waals surface area contributed by atoms with Crippen LogP contribution in [0.3, 0.4) is 0 Å². The van der Waals surface area contributed by atoms with Gasteiger partial charge in [-0.1, -0.05) is 48.0 Å². The monoisotopic (exact) mass is 346 g/mol. The van der Waals surface area contributed by atoms with Crippen LogP contribution in [0.15, 0.2) is 48.5 Å². The molecule has 0 bridgehead atoms. The van der Waals surface area contributed by atoms with Crippen LogP contribution in [0.2, 0.25) is 5.02 Å². The van der Waals surface area contributed by atoms with E-state index in [1.54, 1.807) is 11.0 Å². The van der Waals surface area contributed by atoms with E-state index < -0.39 is 5.82 Å². The van der Waals surface area contributed by atoms with Crippen molar-refractivity contribution in [2.24, 2.45) is 0 Å². The molecule has 0 radical (unpaired) electrons. The Bertz CT molecular complexity index is 702. The first kappa shape index (κ1) is 16.9. The SMILES string of the molecule is CC1CN(C(=O)c2c(F)cccc2Cl)CCN1Cc1ccccc1. The van der Waals surface area contributed by atoms with E-state index >= 15 is 0 Å². The molecule has 24 heavy (non-hydrogen) atoms. The van der Waals surface area contributed by atoms with E-state index in [4.69, 9.17) is 11.6 Å². The highest BCUT2D eigenvalue weighted by Gasteiger charge is 2.29. The summed E-state index contributed by atoms with van der Waals surface area (Å²) in [6.07, 6.45) is 0. The van der Waals surface area contributed by atoms with Crippen molar-refractivity contribution < 1.29 is 9.18 Å². The van der Waals surface area contributed by atoms with Crippen molar-refractivity contribution >= 4 is 17.5 Å². The fourth-order valence-corrected chi connectivity index (χ4v) is 3.34. The molecule has 5 heteroatoms. The van der Waals surface area contributed by atoms with Gasteiger partial charge in [0.15, 0.2) is 0 Å². The van der Waals surface area contributed by atoms with Gasteiger partial charge in [-0.3, -0.25) is 9.69 Å². The first-order valence-corrected chi connectivity index (χ1v) is 8.45. The molecule has 0 aromatic heterocycles. The van der Waals surface area contributed by atoms with Crippen LogP contribution in [0.25, 0.3) is 0 Å². The Kier molecular flexibility index (Phi) is 5.17. The molecule has 0 N–H and O–H groups in total. The number of carbonyl (C=O) groups excluding carboxylic acids is 1. The first-order valence-electron chi connectivity index (χ1n) is 8.07. The third-order valence-electron chi connectivity index (χ3n) is 4.46. The van der Waals surface area contributed by atoms with Gasteiger partial charge in [0.25, 0.3) is 5.91 Å². The standard InChI is InChI=1S/C19H20ClFN2O/c1-14-12-23(19(24)18-16(20)8-5-9-17(18)21)11-10-22(14)13-15-6-3-2-4-7-15/h2-9,14H,10-13H2,1H3. The molecule has 0 saturated carbocycles. The molecule has 1 unspecified atom stereocenters. The molecule has 2 aromatic rings. The maximum Gasteiger partial charge on any atom is 0.258 e. The van der Waals surface area contributed by atoms with Gasteiger partial charge >= 0.3 is 0 Å². The summed E-state index contributed by atoms with van der Waals surface area (Å²) in [6.45, 7) is 4.83. The van der Waals surface area contributed by atoms with Crippen molar-refractivity contribution in [3.63, 3.8) is 0 Å². The highest BCUT2D eigenvalue weighted by molar-refractivity contribution is 6.33. The molecule has 1 fully saturated rings. The second kappa shape index (κ2) is 7.32. The van der Waals surface area contributed by atoms with Crippen molar-refractivity contribution in [1.29, 1.82) is 0 Å². The van der Waals surface area contributed by atoms with Gasteiger partial charge in [0.05, 0.1) is 10.6 Å². The Balaban J connectivity index is 1.68. The van der Waals surface area contributed by atoms with Gasteiger partial charge in [0.2, 0.25) is 0 Å². The first-order chi connectivity index (χ1) is 11.6. The number of halogens is 2. The van der Waals surface area contributed by atoms with Crippen LogP contribution >= 0.6 is 11.6 Å². The van der Waals surface area contributed by atoms with Crippen LogP contribution in [0, 0.1) is 5.82 Å². The van der Waals surface area contributed by atoms with Crippen LogP contribution in [-0.4, -0.2) is 41.4 Å². The maximum absolute atomic E-state index is 14.0. The summed E-state index contributed by atoms with van der Waals surface area (Å²) in [4.78, 5) is 16.7. The minimum absolute atomic E-state index is 0.0251. The molecule has 126 valence electrons. The molecule has 1 amide bonds. The number of hydrogen-bond acceptors (Lipinski definition) is 2. The van der Waals surface area contributed by atoms with Gasteiger partial charge in [0.1, 0.15) is 5.82 Å². The summed E-state index contributed by atoms with van der Waals surface area (Å²) in [5.74, 6) is -0.892. The lowest BCUT2D eigenvalue weighted by atomic mass is 10.1. The van der Waals surface area contributed by atoms with E-state index in [1.807, 2.05) is 18.2 Å². The smallest absolute Gasteiger partial charge is 0.258 e. The van der Waals surface area contributed by atoms with Crippen LogP contribution in [-0.2, 0) is 6.54 Å². The van der Waals surface area contributed by atoms with E-state index in [2.05, 4.69) is 24.0 Å². The Morgan fingerprint density at radius 1 is 1.17 bits per heavy atom. The Morgan fingerprint density at radius 2 is 1.92 bits per heavy atom. The molecule has 1 atom stereocenters. The molecule has 3 nitrogen and oxygen atoms in total. The Hall–Kier alpha value is -1.91. The number of carbonyl (C=O) groups is 1. The van der Waals surface area contributed by atoms with Gasteiger partial charge in [-0.25, -0.2) is 4.39 Å². The predicted octanol–water partition coefficient (Wildman–Crippen LogP) is 3.83. The molecule has 1 aliphatic heterocycles. The number of piperazine rings is 1. The zero-order chi connectivity index (χ0) is 17.1. The van der Waals surface area contributed by atoms with Gasteiger partial charge in [0, 0.05) is 32.2 Å². The Morgan fingerprint density at radius 3 is 2.58 bits per heavy atom. The lowest BCUT2D eigenvalue weighted by molar-refractivity contribution is 0.0491. The lowest BCUT2D eigenvalue weighted by Crippen LogP contribution is -2.53. The average molecular weight is 347 g/mol. The second-order valence-electron chi connectivity index (χ2n) is 6.15. The molecule has 0 aliphatic carbocycles. The predicted molar refractivity (Wildman–Crippen MR) is 93.6 cm³/mol. The molecular formula is C19H20ClFN2O. The van der Waals surface area contributed by atoms with Crippen LogP contribution in [0.4, 0.5) is 4.39 Å². The molecule has 3 rings (SSSR count). The van der Waals surface area contributed by atoms with E-state index in [-0.39, 0.29) is 22.5 Å². The van der Waals surface area contributed by atoms with Crippen molar-refractivity contribution in [1.82, 2.24) is 9.80 Å². The number of benzene rings is 2. The number of hydrogen-bond donors (Lipinski definition) is 0. The zero-order valence-electron chi connectivity index (χ0n) is 13.6. The third kappa shape index (κ3) is 3.60. The van der Waals surface area contributed by atoms with E-state index in [9.17, 15) is 9.18 Å². The van der Waals surface area contributed by atoms with E-state index in [1.165, 1.54) is 17.7 Å². The van der Waals surface area contributed by atoms with Crippen molar-refractivity contribution in [3.8, 4) is 0 Å². The van der Waals surface area contributed by atoms with Crippen LogP contribution < -0.4 is 0 Å². The summed E-state index contributed by atoms with van der Waals surface area (Å²) in [5.41, 5.74) is 1.23. The fourth-order valence-electron chi connectivity index (χ4n) is 3.09. The van der Waals surface area contributed by atoms with Crippen molar-refractivity contribution in [2.45, 2.75) is 19.5 Å². The minimum Gasteiger partial charge on any atom is -0.336 e. The molecule has 1 aliphatic rings. The largest absolute Gasteiger partial charge is 0.336 e. The van der Waals surface area contributed by atoms with Gasteiger partial charge < -0.3 is 4.90 Å². The zero-order valence-corrected chi connectivity index (χ0v) is 14.3. The van der Waals surface area contributed by atoms with Gasteiger partial charge in [-0.05, 0) is 24.6 Å². The minimum atomic E-state index is -0.563. The molecule has 1 heterocycles. The van der Waals surface area contributed by atoms with Crippen molar-refractivity contribution in [2.75, 3.05) is 19.6 Å². The molecular weight excluding hydrogens is 327 g/mol. The summed E-state index contributed by atoms with van der Waals surface area (Å²) in [5, 5.41) is 0.166. The van der Waals surface area contributed by atoms with Crippen LogP contribution in [0.5, 0.6) is 0 Å². The summed E-state index contributed by atoms with van der Waals surface area (Å²) >= 11 is 6.02. The lowest BCUT2D eigenvalue weighted by Gasteiger charge is -2.40. The third-order valence-corrected chi connectivity index (χ3v) is 4.77. The summed E-state index contributed by atoms with van der Waals surface area (Å²) < 4.78 is 14.0. The van der Waals surface area contributed by atoms with E-state index in [0.717, 1.165) is 13.1 Å². The van der Waals surface area contributed by atoms with Crippen LogP contribution in [0.1, 0.15) is 22.8 Å². The molecule has 1 saturated heterocycles. The Labute approximate surface area is 146 Å². The highest BCUT2D eigenvalue weighted by Crippen LogP contribution is 2.23. The topological polar surface area (TPSA) is 23.6 Å². The maximum atomic E-state index is 14.0. The number of nitrogens with zero attached hydrogens (tertiary/aromatic N) is 2. The normalized spacial score (nSPS) is 18.6. The molecule has 2 aromatic carbocycles. The van der Waals surface area contributed by atoms with Crippen molar-refractivity contribution in [3.05, 3.63) is 70.5 Å². The summed E-state index contributed by atoms with van der Waals surface area (Å²) in [6, 6.07) is 14.8. The fraction of sp³-hybridized carbons (Fsp3) is 0.316. The van der Waals surface area contributed by atoms with E-state index in [0.29, 0.717) is 13.1 Å². The second-order valence-corrected chi connectivity index (χ2v) is 6.56. The number of rotatable bonds is 3. The molecule has 0 spiro atoms. The quantitative estimate of drug-likeness (QED) is 0.843. The summed E-state index contributed by atoms with van der Waals surface area (Å²) in [7, 11) is 0. The highest BCUT2D eigenvalue weighted by atomic mass is 35.5. The van der Waals surface area contributed by atoms with Gasteiger partial charge in [-0.15, -0.1) is 0 Å².